The van der Waals surface area contributed by atoms with Gasteiger partial charge in [0.2, 0.25) is 0 Å². The predicted molar refractivity (Wildman–Crippen MR) is 483 cm³/mol. The Labute approximate surface area is 760 Å². The second-order valence-electron chi connectivity index (χ2n) is 32.8. The fourth-order valence-corrected chi connectivity index (χ4v) is 13.8. The van der Waals surface area contributed by atoms with Gasteiger partial charge in [-0.2, -0.15) is 0 Å². The van der Waals surface area contributed by atoms with Crippen molar-refractivity contribution in [3.63, 3.8) is 0 Å². The highest BCUT2D eigenvalue weighted by Gasteiger charge is 2.52. The Balaban J connectivity index is 0.000000192. The maximum absolute atomic E-state index is 13.7. The van der Waals surface area contributed by atoms with Gasteiger partial charge in [0, 0.05) is 84.7 Å². The van der Waals surface area contributed by atoms with Crippen molar-refractivity contribution in [3.8, 4) is 0 Å². The Bertz CT molecular complexity index is 4340. The summed E-state index contributed by atoms with van der Waals surface area (Å²) < 4.78 is 204. The third kappa shape index (κ3) is 36.7. The molecule has 7 atom stereocenters. The van der Waals surface area contributed by atoms with Gasteiger partial charge in [0.25, 0.3) is 0 Å². The highest BCUT2D eigenvalue weighted by molar-refractivity contribution is 6.64. The fraction of sp³-hybridized carbons (Fsp3) is 0.548. The Morgan fingerprint density at radius 2 is 0.690 bits per heavy atom. The van der Waals surface area contributed by atoms with E-state index < -0.39 is 59.7 Å². The maximum Gasteiger partial charge on any atom is 0.495 e. The highest BCUT2D eigenvalue weighted by Crippen LogP contribution is 2.37. The summed E-state index contributed by atoms with van der Waals surface area (Å²) in [4.78, 5) is 0. The lowest BCUT2D eigenvalue weighted by molar-refractivity contribution is -0.168. The molecule has 0 bridgehead atoms. The molecule has 0 amide bonds. The zero-order valence-electron chi connectivity index (χ0n) is 77.6. The minimum Gasteiger partial charge on any atom is -0.423 e. The summed E-state index contributed by atoms with van der Waals surface area (Å²) >= 11 is 0. The third-order valence-corrected chi connectivity index (χ3v) is 21.4. The molecule has 0 saturated carbocycles. The molecule has 13 rings (SSSR count). The van der Waals surface area contributed by atoms with Crippen LogP contribution < -0.4 is 32.8 Å². The van der Waals surface area contributed by atoms with Crippen LogP contribution in [0.3, 0.4) is 0 Å². The smallest absolute Gasteiger partial charge is 0.423 e. The van der Waals surface area contributed by atoms with Crippen LogP contribution in [0, 0.1) is 40.3 Å². The second kappa shape index (κ2) is 56.0. The molecule has 6 fully saturated rings. The van der Waals surface area contributed by atoms with Crippen LogP contribution in [-0.4, -0.2) is 188 Å². The van der Waals surface area contributed by atoms with Gasteiger partial charge in [-0.15, -0.1) is 0 Å². The minimum absolute atomic E-state index is 0.00330. The Hall–Kier alpha value is -6.45. The van der Waals surface area contributed by atoms with Crippen LogP contribution in [0.5, 0.6) is 0 Å². The average Bonchev–Trinajstić information content (AvgIpc) is 1.62. The topological polar surface area (TPSA) is 244 Å². The molecule has 7 unspecified atom stereocenters. The summed E-state index contributed by atoms with van der Waals surface area (Å²) in [6.45, 7) is 39.8. The Morgan fingerprint density at radius 1 is 0.364 bits per heavy atom. The van der Waals surface area contributed by atoms with Crippen LogP contribution in [0.25, 0.3) is 0 Å². The summed E-state index contributed by atoms with van der Waals surface area (Å²) in [6.07, 6.45) is 3.59. The first-order chi connectivity index (χ1) is 61.8. The lowest BCUT2D eigenvalue weighted by atomic mass is 9.73. The van der Waals surface area contributed by atoms with Gasteiger partial charge in [0.1, 0.15) is 34.9 Å². The van der Waals surface area contributed by atoms with Crippen molar-refractivity contribution in [1.29, 1.82) is 0 Å². The van der Waals surface area contributed by atoms with Crippen LogP contribution >= 0.6 is 0 Å². The van der Waals surface area contributed by atoms with E-state index in [9.17, 15) is 36.4 Å². The van der Waals surface area contributed by atoms with E-state index >= 15 is 0 Å². The van der Waals surface area contributed by atoms with Crippen LogP contribution in [0.4, 0.5) is 26.3 Å². The monoisotopic (exact) mass is 1810 g/mol. The molecule has 2 N–H and O–H groups in total. The van der Waals surface area contributed by atoms with E-state index in [4.69, 9.17) is 103 Å². The molecular formula is C93H130B6F6O24. The molecule has 6 heterocycles. The first kappa shape index (κ1) is 108. The molecule has 6 saturated heterocycles. The van der Waals surface area contributed by atoms with Crippen LogP contribution in [0.15, 0.2) is 140 Å². The lowest BCUT2D eigenvalue weighted by Gasteiger charge is -2.33. The van der Waals surface area contributed by atoms with E-state index in [2.05, 4.69) is 13.8 Å². The van der Waals surface area contributed by atoms with Crippen molar-refractivity contribution in [2.75, 3.05) is 85.9 Å². The van der Waals surface area contributed by atoms with Gasteiger partial charge < -0.3 is 113 Å². The summed E-state index contributed by atoms with van der Waals surface area (Å²) in [5.41, 5.74) is 8.45. The summed E-state index contributed by atoms with van der Waals surface area (Å²) in [5.74, 6) is -1.95. The van der Waals surface area contributed by atoms with Gasteiger partial charge in [0.05, 0.1) is 63.6 Å². The standard InChI is InChI=1S/C19H22BFO4.C17H26BFO4.C16H24BFO4.C15H22BFO4.C14H20BFO4.C12H16BFO4/c1-3-22-14(2)23-12-16-11-17(21)9-10-18(16)20-24-13-19(25-20)15-7-5-4-6-8-15;1-7-20-12(2)21-11-13-10-14(19)8-9-15(13)18-22-16(3,4)17(5,6)23-18;1-5-19-12(2)20-9-13-8-14(18)6-7-15(13)17-21-10-16(3,4)11-22-17;1-3-18-12(2)19-11-13-10-14(17)6-7-15(13)16-20-8-4-5-9-21-16;1-3-17-11(2)18-10-12-9-13(16)5-6-14(12)15-19-7-4-8-20-15;14-10-4-5-11(13(15)16)9(7-10)8-18-12-3-1-2-6-17-12/h4-11,14,19H,3,12-13H2,1-2H3;8-10,12H,7,11H2,1-6H3;6-8,12H,5,9-11H2,1-4H3;6-7,10,12H,3-5,8-9,11H2,1-2H3;5-6,9,11H,3-4,7-8,10H2,1-2H3;4-5,7,12,15-16H,1-3,6,8H2. The number of ether oxygens (including phenoxy) is 12. The number of rotatable bonds is 35. The molecule has 6 aliphatic rings. The van der Waals surface area contributed by atoms with Gasteiger partial charge in [-0.05, 0) is 280 Å². The molecular weight excluding hydrogens is 1680 g/mol. The van der Waals surface area contributed by atoms with E-state index in [1.807, 2.05) is 127 Å². The van der Waals surface area contributed by atoms with Crippen molar-refractivity contribution in [1.82, 2.24) is 0 Å². The number of benzene rings is 7. The maximum atomic E-state index is 13.7. The predicted octanol–water partition coefficient (Wildman–Crippen LogP) is 13.4. The molecule has 0 aromatic heterocycles. The number of halogens is 6. The highest BCUT2D eigenvalue weighted by atomic mass is 19.1. The second-order valence-corrected chi connectivity index (χ2v) is 32.8. The molecule has 36 heteroatoms. The van der Waals surface area contributed by atoms with Gasteiger partial charge in [0.15, 0.2) is 37.7 Å². The molecule has 6 aliphatic heterocycles. The summed E-state index contributed by atoms with van der Waals surface area (Å²) in [7, 11) is -4.07. The molecule has 706 valence electrons. The molecule has 0 radical (unpaired) electrons. The SMILES string of the molecule is CCOC(C)OCc1cc(F)ccc1B1OC(C)(C)C(C)(C)O1.CCOC(C)OCc1cc(F)ccc1B1OCC(C)(C)CO1.CCOC(C)OCc1cc(F)ccc1B1OCC(c2ccccc2)O1.CCOC(C)OCc1cc(F)ccc1B1OCCCCO1.CCOC(C)OCc1cc(F)ccc1B1OCCCO1.OB(O)c1ccc(F)cc1COC1CCCCO1. The summed E-state index contributed by atoms with van der Waals surface area (Å²) in [6, 6.07) is 36.5. The zero-order chi connectivity index (χ0) is 93.5. The van der Waals surface area contributed by atoms with E-state index in [0.717, 1.165) is 88.1 Å². The van der Waals surface area contributed by atoms with Crippen molar-refractivity contribution >= 4 is 75.5 Å². The largest absolute Gasteiger partial charge is 0.495 e. The minimum atomic E-state index is -1.63. The van der Waals surface area contributed by atoms with E-state index in [1.54, 1.807) is 30.3 Å². The van der Waals surface area contributed by atoms with Gasteiger partial charge in [-0.3, -0.25) is 0 Å². The van der Waals surface area contributed by atoms with Crippen LogP contribution in [0.2, 0.25) is 0 Å². The molecule has 129 heavy (non-hydrogen) atoms. The Morgan fingerprint density at radius 3 is 1.04 bits per heavy atom. The molecule has 0 aliphatic carbocycles. The zero-order valence-corrected chi connectivity index (χ0v) is 77.6. The lowest BCUT2D eigenvalue weighted by Crippen LogP contribution is -2.48. The van der Waals surface area contributed by atoms with Crippen LogP contribution in [0.1, 0.15) is 194 Å². The van der Waals surface area contributed by atoms with Crippen molar-refractivity contribution < 1.29 is 140 Å². The van der Waals surface area contributed by atoms with E-state index in [1.165, 1.54) is 78.9 Å². The first-order valence-corrected chi connectivity index (χ1v) is 44.6. The molecule has 7 aromatic carbocycles. The van der Waals surface area contributed by atoms with E-state index in [-0.39, 0.29) is 123 Å². The Kier molecular flexibility index (Phi) is 46.9. The molecule has 24 nitrogen and oxygen atoms in total. The van der Waals surface area contributed by atoms with Crippen molar-refractivity contribution in [2.45, 2.75) is 244 Å². The summed E-state index contributed by atoms with van der Waals surface area (Å²) in [5, 5.41) is 18.4. The third-order valence-electron chi connectivity index (χ3n) is 21.4. The fourth-order valence-electron chi connectivity index (χ4n) is 13.8. The van der Waals surface area contributed by atoms with Crippen molar-refractivity contribution in [3.05, 3.63) is 213 Å². The number of hydrogen-bond acceptors (Lipinski definition) is 24. The number of hydrogen-bond donors (Lipinski definition) is 2. The first-order valence-electron chi connectivity index (χ1n) is 44.6. The van der Waals surface area contributed by atoms with Gasteiger partial charge >= 0.3 is 42.7 Å². The molecule has 0 spiro atoms. The normalized spacial score (nSPS) is 18.9. The van der Waals surface area contributed by atoms with Crippen LogP contribution in [-0.2, 0) is 143 Å². The van der Waals surface area contributed by atoms with Gasteiger partial charge in [-0.25, -0.2) is 26.3 Å². The average molecular weight is 1810 g/mol. The van der Waals surface area contributed by atoms with E-state index in [0.29, 0.717) is 103 Å². The van der Waals surface area contributed by atoms with Crippen molar-refractivity contribution in [2.24, 2.45) is 5.41 Å². The molecule has 7 aromatic rings. The quantitative estimate of drug-likeness (QED) is 0.0213. The van der Waals surface area contributed by atoms with Gasteiger partial charge in [-0.1, -0.05) is 80.6 Å².